The van der Waals surface area contributed by atoms with Crippen LogP contribution < -0.4 is 0 Å². The van der Waals surface area contributed by atoms with Crippen LogP contribution in [0.4, 0.5) is 4.39 Å². The highest BCUT2D eigenvalue weighted by Crippen LogP contribution is 2.19. The monoisotopic (exact) mass is 282 g/mol. The second-order valence-electron chi connectivity index (χ2n) is 5.11. The zero-order valence-electron chi connectivity index (χ0n) is 11.9. The maximum atomic E-state index is 14.0. The Morgan fingerprint density at radius 1 is 1.24 bits per heavy atom. The third kappa shape index (κ3) is 2.44. The lowest BCUT2D eigenvalue weighted by Crippen LogP contribution is -2.03. The smallest absolute Gasteiger partial charge is 0.159 e. The van der Waals surface area contributed by atoms with Crippen LogP contribution in [0.2, 0.25) is 0 Å². The van der Waals surface area contributed by atoms with Crippen molar-refractivity contribution in [3.63, 3.8) is 0 Å². The fourth-order valence-corrected chi connectivity index (χ4v) is 2.45. The van der Waals surface area contributed by atoms with Crippen molar-refractivity contribution in [2.24, 2.45) is 7.05 Å². The van der Waals surface area contributed by atoms with Crippen LogP contribution in [0, 0.1) is 5.82 Å². The molecule has 0 saturated heterocycles. The summed E-state index contributed by atoms with van der Waals surface area (Å²) >= 11 is 0. The second-order valence-corrected chi connectivity index (χ2v) is 5.11. The van der Waals surface area contributed by atoms with Gasteiger partial charge in [0.2, 0.25) is 0 Å². The third-order valence-electron chi connectivity index (χ3n) is 3.68. The van der Waals surface area contributed by atoms with E-state index in [1.54, 1.807) is 6.07 Å². The first kappa shape index (κ1) is 13.5. The van der Waals surface area contributed by atoms with Crippen molar-refractivity contribution in [2.45, 2.75) is 13.3 Å². The molecule has 0 saturated carbocycles. The predicted octanol–water partition coefficient (Wildman–Crippen LogP) is 3.51. The maximum absolute atomic E-state index is 14.0. The molecule has 1 aromatic heterocycles. The number of aryl methyl sites for hydroxylation is 1. The zero-order chi connectivity index (χ0) is 15.0. The van der Waals surface area contributed by atoms with Gasteiger partial charge in [0.15, 0.2) is 5.78 Å². The Labute approximate surface area is 122 Å². The Bertz CT molecular complexity index is 836. The first-order valence-corrected chi connectivity index (χ1v) is 6.76. The number of imidazole rings is 1. The standard InChI is InChI=1S/C17H15FN2O/c1-11(21)12-7-8-14(18)13(9-12)10-17-19-15-5-3-4-6-16(15)20(17)2/h3-9H,10H2,1-2H3. The number of rotatable bonds is 3. The highest BCUT2D eigenvalue weighted by Gasteiger charge is 2.12. The molecule has 0 radical (unpaired) electrons. The van der Waals surface area contributed by atoms with E-state index in [1.165, 1.54) is 19.1 Å². The molecule has 0 spiro atoms. The van der Waals surface area contributed by atoms with Crippen molar-refractivity contribution in [3.05, 3.63) is 65.2 Å². The molecule has 0 aliphatic heterocycles. The number of benzene rings is 2. The van der Waals surface area contributed by atoms with Gasteiger partial charge in [0.25, 0.3) is 0 Å². The molecular formula is C17H15FN2O. The van der Waals surface area contributed by atoms with Gasteiger partial charge >= 0.3 is 0 Å². The van der Waals surface area contributed by atoms with Crippen LogP contribution in [-0.2, 0) is 13.5 Å². The minimum absolute atomic E-state index is 0.0683. The quantitative estimate of drug-likeness (QED) is 0.689. The molecule has 21 heavy (non-hydrogen) atoms. The van der Waals surface area contributed by atoms with E-state index in [0.717, 1.165) is 16.9 Å². The molecule has 0 aliphatic carbocycles. The van der Waals surface area contributed by atoms with E-state index in [4.69, 9.17) is 0 Å². The molecule has 0 unspecified atom stereocenters. The number of para-hydroxylation sites is 2. The number of nitrogens with zero attached hydrogens (tertiary/aromatic N) is 2. The fourth-order valence-electron chi connectivity index (χ4n) is 2.45. The molecule has 106 valence electrons. The zero-order valence-corrected chi connectivity index (χ0v) is 11.9. The highest BCUT2D eigenvalue weighted by molar-refractivity contribution is 5.94. The maximum Gasteiger partial charge on any atom is 0.159 e. The lowest BCUT2D eigenvalue weighted by Gasteiger charge is -2.06. The molecule has 3 nitrogen and oxygen atoms in total. The highest BCUT2D eigenvalue weighted by atomic mass is 19.1. The number of ketones is 1. The summed E-state index contributed by atoms with van der Waals surface area (Å²) in [5.41, 5.74) is 2.90. The van der Waals surface area contributed by atoms with E-state index in [0.29, 0.717) is 17.5 Å². The Hall–Kier alpha value is -2.49. The molecule has 0 N–H and O–H groups in total. The number of carbonyl (C=O) groups excluding carboxylic acids is 1. The van der Waals surface area contributed by atoms with Gasteiger partial charge in [-0.05, 0) is 42.8 Å². The lowest BCUT2D eigenvalue weighted by molar-refractivity contribution is 0.101. The Morgan fingerprint density at radius 2 is 2.00 bits per heavy atom. The Morgan fingerprint density at radius 3 is 2.71 bits per heavy atom. The molecule has 1 heterocycles. The van der Waals surface area contributed by atoms with E-state index in [1.807, 2.05) is 35.9 Å². The van der Waals surface area contributed by atoms with Crippen LogP contribution in [0.1, 0.15) is 28.7 Å². The van der Waals surface area contributed by atoms with Gasteiger partial charge in [0.05, 0.1) is 11.0 Å². The summed E-state index contributed by atoms with van der Waals surface area (Å²) in [4.78, 5) is 16.0. The summed E-state index contributed by atoms with van der Waals surface area (Å²) in [7, 11) is 1.91. The molecule has 3 rings (SSSR count). The number of halogens is 1. The van der Waals surface area contributed by atoms with Gasteiger partial charge in [-0.1, -0.05) is 12.1 Å². The van der Waals surface area contributed by atoms with E-state index in [2.05, 4.69) is 4.98 Å². The fraction of sp³-hybridized carbons (Fsp3) is 0.176. The normalized spacial score (nSPS) is 11.0. The van der Waals surface area contributed by atoms with Gasteiger partial charge in [-0.2, -0.15) is 0 Å². The van der Waals surface area contributed by atoms with Gasteiger partial charge in [-0.3, -0.25) is 4.79 Å². The van der Waals surface area contributed by atoms with Gasteiger partial charge in [-0.15, -0.1) is 0 Å². The van der Waals surface area contributed by atoms with Crippen molar-refractivity contribution in [1.82, 2.24) is 9.55 Å². The van der Waals surface area contributed by atoms with Crippen molar-refractivity contribution >= 4 is 16.8 Å². The van der Waals surface area contributed by atoms with E-state index in [9.17, 15) is 9.18 Å². The van der Waals surface area contributed by atoms with Crippen molar-refractivity contribution in [3.8, 4) is 0 Å². The van der Waals surface area contributed by atoms with E-state index >= 15 is 0 Å². The van der Waals surface area contributed by atoms with Crippen molar-refractivity contribution in [1.29, 1.82) is 0 Å². The summed E-state index contributed by atoms with van der Waals surface area (Å²) in [5, 5.41) is 0. The summed E-state index contributed by atoms with van der Waals surface area (Å²) in [6, 6.07) is 12.2. The summed E-state index contributed by atoms with van der Waals surface area (Å²) < 4.78 is 15.9. The number of aromatic nitrogens is 2. The number of carbonyl (C=O) groups is 1. The molecule has 0 atom stereocenters. The van der Waals surface area contributed by atoms with Gasteiger partial charge in [0.1, 0.15) is 11.6 Å². The molecule has 3 aromatic rings. The minimum atomic E-state index is -0.313. The molecule has 0 amide bonds. The molecule has 0 aliphatic rings. The average molecular weight is 282 g/mol. The third-order valence-corrected chi connectivity index (χ3v) is 3.68. The summed E-state index contributed by atoms with van der Waals surface area (Å²) in [6.45, 7) is 1.48. The summed E-state index contributed by atoms with van der Waals surface area (Å²) in [5.74, 6) is 0.393. The lowest BCUT2D eigenvalue weighted by atomic mass is 10.0. The van der Waals surface area contributed by atoms with Gasteiger partial charge < -0.3 is 4.57 Å². The Balaban J connectivity index is 2.04. The molecular weight excluding hydrogens is 267 g/mol. The van der Waals surface area contributed by atoms with Crippen LogP contribution in [-0.4, -0.2) is 15.3 Å². The first-order chi connectivity index (χ1) is 10.1. The van der Waals surface area contributed by atoms with Crippen LogP contribution in [0.25, 0.3) is 11.0 Å². The van der Waals surface area contributed by atoms with Crippen LogP contribution in [0.5, 0.6) is 0 Å². The topological polar surface area (TPSA) is 34.9 Å². The largest absolute Gasteiger partial charge is 0.331 e. The number of hydrogen-bond acceptors (Lipinski definition) is 2. The van der Waals surface area contributed by atoms with E-state index < -0.39 is 0 Å². The molecule has 2 aromatic carbocycles. The second kappa shape index (κ2) is 5.13. The van der Waals surface area contributed by atoms with Gasteiger partial charge in [-0.25, -0.2) is 9.37 Å². The van der Waals surface area contributed by atoms with Crippen LogP contribution >= 0.6 is 0 Å². The van der Waals surface area contributed by atoms with Crippen molar-refractivity contribution in [2.75, 3.05) is 0 Å². The van der Waals surface area contributed by atoms with Crippen molar-refractivity contribution < 1.29 is 9.18 Å². The SMILES string of the molecule is CC(=O)c1ccc(F)c(Cc2nc3ccccc3n2C)c1. The molecule has 0 bridgehead atoms. The molecule has 0 fully saturated rings. The van der Waals surface area contributed by atoms with Crippen LogP contribution in [0.3, 0.4) is 0 Å². The number of hydrogen-bond donors (Lipinski definition) is 0. The number of fused-ring (bicyclic) bond motifs is 1. The number of Topliss-reactive ketones (excluding diaryl/α,β-unsaturated/α-hetero) is 1. The average Bonchev–Trinajstić information content (AvgIpc) is 2.78. The first-order valence-electron chi connectivity index (χ1n) is 6.76. The predicted molar refractivity (Wildman–Crippen MR) is 79.9 cm³/mol. The van der Waals surface area contributed by atoms with Crippen LogP contribution in [0.15, 0.2) is 42.5 Å². The Kier molecular flexibility index (Phi) is 3.29. The molecule has 4 heteroatoms. The summed E-state index contributed by atoms with van der Waals surface area (Å²) in [6.07, 6.45) is 0.359. The van der Waals surface area contributed by atoms with Gasteiger partial charge in [0, 0.05) is 19.0 Å². The minimum Gasteiger partial charge on any atom is -0.331 e. The van der Waals surface area contributed by atoms with E-state index in [-0.39, 0.29) is 11.6 Å².